The normalized spacial score (nSPS) is 22.8. The van der Waals surface area contributed by atoms with Gasteiger partial charge in [0.15, 0.2) is 5.13 Å². The molecule has 2 fully saturated rings. The zero-order valence-electron chi connectivity index (χ0n) is 11.8. The first-order chi connectivity index (χ1) is 10.2. The number of morpholine rings is 1. The Balaban J connectivity index is 1.80. The van der Waals surface area contributed by atoms with Gasteiger partial charge in [0, 0.05) is 19.6 Å². The highest BCUT2D eigenvalue weighted by molar-refractivity contribution is 7.18. The van der Waals surface area contributed by atoms with E-state index in [1.807, 2.05) is 0 Å². The third-order valence-corrected chi connectivity index (χ3v) is 5.03. The zero-order chi connectivity index (χ0) is 14.8. The zero-order valence-corrected chi connectivity index (χ0v) is 12.6. The summed E-state index contributed by atoms with van der Waals surface area (Å²) < 4.78 is 5.30. The second kappa shape index (κ2) is 6.17. The van der Waals surface area contributed by atoms with Crippen LogP contribution in [0.15, 0.2) is 0 Å². The van der Waals surface area contributed by atoms with Crippen molar-refractivity contribution in [2.45, 2.75) is 18.9 Å². The average Bonchev–Trinajstić information content (AvgIpc) is 3.15. The van der Waals surface area contributed by atoms with Gasteiger partial charge >= 0.3 is 0 Å². The van der Waals surface area contributed by atoms with Gasteiger partial charge in [-0.1, -0.05) is 11.3 Å². The van der Waals surface area contributed by atoms with Gasteiger partial charge in [0.2, 0.25) is 0 Å². The fraction of sp³-hybridized carbons (Fsp3) is 0.692. The molecule has 3 N–H and O–H groups in total. The fourth-order valence-corrected chi connectivity index (χ4v) is 3.71. The number of rotatable bonds is 3. The number of ether oxygens (including phenoxy) is 1. The van der Waals surface area contributed by atoms with Gasteiger partial charge in [0.1, 0.15) is 10.7 Å². The van der Waals surface area contributed by atoms with Gasteiger partial charge in [-0.25, -0.2) is 4.98 Å². The lowest BCUT2D eigenvalue weighted by molar-refractivity contribution is -0.0181. The molecule has 1 unspecified atom stereocenters. The Kier molecular flexibility index (Phi) is 4.27. The Morgan fingerprint density at radius 1 is 1.43 bits per heavy atom. The van der Waals surface area contributed by atoms with E-state index in [0.717, 1.165) is 31.1 Å². The van der Waals surface area contributed by atoms with E-state index in [1.54, 1.807) is 4.90 Å². The standard InChI is InChI=1S/C13H20N4O3S/c14-11-10(21-13(15-11)16-3-1-2-4-16)12(19)17-5-6-20-8-9(17)7-18/h9,18H,1-8,14H2. The first kappa shape index (κ1) is 14.6. The van der Waals surface area contributed by atoms with Gasteiger partial charge in [-0.15, -0.1) is 0 Å². The van der Waals surface area contributed by atoms with E-state index in [9.17, 15) is 9.90 Å². The van der Waals surface area contributed by atoms with Crippen LogP contribution >= 0.6 is 11.3 Å². The van der Waals surface area contributed by atoms with Gasteiger partial charge in [-0.2, -0.15) is 0 Å². The van der Waals surface area contributed by atoms with Crippen molar-refractivity contribution in [2.24, 2.45) is 0 Å². The molecule has 0 aliphatic carbocycles. The lowest BCUT2D eigenvalue weighted by atomic mass is 10.2. The summed E-state index contributed by atoms with van der Waals surface area (Å²) in [5, 5.41) is 10.2. The number of carbonyl (C=O) groups is 1. The van der Waals surface area contributed by atoms with E-state index in [1.165, 1.54) is 11.3 Å². The van der Waals surface area contributed by atoms with E-state index in [-0.39, 0.29) is 24.4 Å². The summed E-state index contributed by atoms with van der Waals surface area (Å²) in [5.74, 6) is 0.132. The Morgan fingerprint density at radius 3 is 2.90 bits per heavy atom. The Labute approximate surface area is 127 Å². The molecule has 3 rings (SSSR count). The number of thiazole rings is 1. The maximum absolute atomic E-state index is 12.6. The number of aromatic nitrogens is 1. The maximum Gasteiger partial charge on any atom is 0.268 e. The summed E-state index contributed by atoms with van der Waals surface area (Å²) in [6.07, 6.45) is 2.30. The van der Waals surface area contributed by atoms with Crippen LogP contribution in [0.5, 0.6) is 0 Å². The third-order valence-electron chi connectivity index (χ3n) is 3.91. The van der Waals surface area contributed by atoms with Gasteiger partial charge in [-0.05, 0) is 12.8 Å². The second-order valence-corrected chi connectivity index (χ2v) is 6.29. The first-order valence-electron chi connectivity index (χ1n) is 7.21. The van der Waals surface area contributed by atoms with Crippen LogP contribution in [-0.2, 0) is 4.74 Å². The van der Waals surface area contributed by atoms with E-state index in [0.29, 0.717) is 24.6 Å². The number of hydrogen-bond acceptors (Lipinski definition) is 7. The van der Waals surface area contributed by atoms with Crippen molar-refractivity contribution in [3.05, 3.63) is 4.88 Å². The molecule has 116 valence electrons. The van der Waals surface area contributed by atoms with Crippen molar-refractivity contribution in [3.8, 4) is 0 Å². The maximum atomic E-state index is 12.6. The van der Waals surface area contributed by atoms with Crippen LogP contribution in [0.25, 0.3) is 0 Å². The van der Waals surface area contributed by atoms with E-state index >= 15 is 0 Å². The molecule has 3 heterocycles. The largest absolute Gasteiger partial charge is 0.394 e. The van der Waals surface area contributed by atoms with Crippen molar-refractivity contribution < 1.29 is 14.6 Å². The smallest absolute Gasteiger partial charge is 0.268 e. The topological polar surface area (TPSA) is 91.9 Å². The van der Waals surface area contributed by atoms with Crippen molar-refractivity contribution in [1.82, 2.24) is 9.88 Å². The fourth-order valence-electron chi connectivity index (χ4n) is 2.72. The van der Waals surface area contributed by atoms with Crippen LogP contribution in [-0.4, -0.2) is 66.4 Å². The van der Waals surface area contributed by atoms with Crippen LogP contribution in [0, 0.1) is 0 Å². The predicted molar refractivity (Wildman–Crippen MR) is 80.7 cm³/mol. The molecule has 0 aromatic carbocycles. The van der Waals surface area contributed by atoms with Crippen molar-refractivity contribution in [3.63, 3.8) is 0 Å². The first-order valence-corrected chi connectivity index (χ1v) is 8.03. The molecular formula is C13H20N4O3S. The summed E-state index contributed by atoms with van der Waals surface area (Å²) in [5.41, 5.74) is 5.93. The highest BCUT2D eigenvalue weighted by Gasteiger charge is 2.31. The summed E-state index contributed by atoms with van der Waals surface area (Å²) in [4.78, 5) is 21.3. The monoisotopic (exact) mass is 312 g/mol. The molecule has 0 radical (unpaired) electrons. The molecule has 0 spiro atoms. The molecule has 2 aliphatic heterocycles. The molecule has 8 heteroatoms. The number of carbonyl (C=O) groups excluding carboxylic acids is 1. The van der Waals surface area contributed by atoms with Crippen LogP contribution in [0.3, 0.4) is 0 Å². The minimum atomic E-state index is -0.303. The number of nitrogen functional groups attached to an aromatic ring is 1. The molecule has 1 aromatic rings. The molecule has 1 aromatic heterocycles. The number of amides is 1. The lowest BCUT2D eigenvalue weighted by Gasteiger charge is -2.34. The van der Waals surface area contributed by atoms with Crippen LogP contribution in [0.1, 0.15) is 22.5 Å². The van der Waals surface area contributed by atoms with Crippen LogP contribution in [0.4, 0.5) is 10.9 Å². The van der Waals surface area contributed by atoms with Gasteiger partial charge in [0.25, 0.3) is 5.91 Å². The summed E-state index contributed by atoms with van der Waals surface area (Å²) >= 11 is 1.35. The number of nitrogens with two attached hydrogens (primary N) is 1. The Morgan fingerprint density at radius 2 is 2.19 bits per heavy atom. The van der Waals surface area contributed by atoms with Crippen molar-refractivity contribution in [2.75, 3.05) is 50.1 Å². The lowest BCUT2D eigenvalue weighted by Crippen LogP contribution is -2.50. The molecule has 1 atom stereocenters. The quantitative estimate of drug-likeness (QED) is 0.826. The number of hydrogen-bond donors (Lipinski definition) is 2. The van der Waals surface area contributed by atoms with Crippen molar-refractivity contribution >= 4 is 28.2 Å². The average molecular weight is 312 g/mol. The Hall–Kier alpha value is -1.38. The number of anilines is 2. The third kappa shape index (κ3) is 2.83. The van der Waals surface area contributed by atoms with Gasteiger partial charge in [0.05, 0.1) is 25.9 Å². The second-order valence-electron chi connectivity index (χ2n) is 5.31. The predicted octanol–water partition coefficient (Wildman–Crippen LogP) is 0.159. The van der Waals surface area contributed by atoms with E-state index in [2.05, 4.69) is 9.88 Å². The molecule has 7 nitrogen and oxygen atoms in total. The molecule has 0 saturated carbocycles. The molecule has 2 saturated heterocycles. The molecule has 0 bridgehead atoms. The van der Waals surface area contributed by atoms with E-state index in [4.69, 9.17) is 10.5 Å². The summed E-state index contributed by atoms with van der Waals surface area (Å²) in [6.45, 7) is 3.15. The molecule has 21 heavy (non-hydrogen) atoms. The molecular weight excluding hydrogens is 292 g/mol. The number of nitrogens with zero attached hydrogens (tertiary/aromatic N) is 3. The summed E-state index contributed by atoms with van der Waals surface area (Å²) in [7, 11) is 0. The highest BCUT2D eigenvalue weighted by atomic mass is 32.1. The SMILES string of the molecule is Nc1nc(N2CCCC2)sc1C(=O)N1CCOCC1CO. The minimum Gasteiger partial charge on any atom is -0.394 e. The van der Waals surface area contributed by atoms with Crippen molar-refractivity contribution in [1.29, 1.82) is 0 Å². The van der Waals surface area contributed by atoms with E-state index < -0.39 is 0 Å². The number of aliphatic hydroxyl groups is 1. The van der Waals surface area contributed by atoms with Gasteiger partial charge < -0.3 is 25.4 Å². The van der Waals surface area contributed by atoms with Gasteiger partial charge in [-0.3, -0.25) is 4.79 Å². The molecule has 1 amide bonds. The van der Waals surface area contributed by atoms with Crippen LogP contribution < -0.4 is 10.6 Å². The Bertz CT molecular complexity index is 516. The summed E-state index contributed by atoms with van der Waals surface area (Å²) in [6, 6.07) is -0.303. The van der Waals surface area contributed by atoms with Crippen LogP contribution in [0.2, 0.25) is 0 Å². The molecule has 2 aliphatic rings. The highest BCUT2D eigenvalue weighted by Crippen LogP contribution is 2.31. The number of aliphatic hydroxyl groups excluding tert-OH is 1. The minimum absolute atomic E-state index is 0.108.